The molecule has 1 rings (SSSR count). The van der Waals surface area contributed by atoms with E-state index < -0.39 is 24.5 Å². The highest BCUT2D eigenvalue weighted by Crippen LogP contribution is 2.19. The molecular weight excluding hydrogens is 224 g/mol. The van der Waals surface area contributed by atoms with Crippen LogP contribution in [0.5, 0.6) is 0 Å². The van der Waals surface area contributed by atoms with Gasteiger partial charge in [-0.25, -0.2) is 0 Å². The maximum atomic E-state index is 11.9. The van der Waals surface area contributed by atoms with Gasteiger partial charge in [0.25, 0.3) is 0 Å². The maximum Gasteiger partial charge on any atom is 0.322 e. The van der Waals surface area contributed by atoms with Gasteiger partial charge in [-0.15, -0.1) is 0 Å². The number of aliphatic carboxylic acids is 1. The summed E-state index contributed by atoms with van der Waals surface area (Å²) in [6.07, 6.45) is 1.23. The normalized spacial score (nSPS) is 17.4. The van der Waals surface area contributed by atoms with Gasteiger partial charge in [0.15, 0.2) is 0 Å². The number of nitrogens with one attached hydrogen (secondary N) is 1. The predicted molar refractivity (Wildman–Crippen MR) is 60.2 cm³/mol. The Morgan fingerprint density at radius 2 is 2.12 bits per heavy atom. The summed E-state index contributed by atoms with van der Waals surface area (Å²) in [6, 6.07) is -0.565. The van der Waals surface area contributed by atoms with Crippen LogP contribution < -0.4 is 5.32 Å². The molecule has 0 spiro atoms. The molecule has 1 fully saturated rings. The highest BCUT2D eigenvalue weighted by molar-refractivity contribution is 5.90. The van der Waals surface area contributed by atoms with Crippen LogP contribution in [0.25, 0.3) is 0 Å². The number of rotatable bonds is 5. The van der Waals surface area contributed by atoms with E-state index in [-0.39, 0.29) is 11.8 Å². The first kappa shape index (κ1) is 13.5. The second-order valence-electron chi connectivity index (χ2n) is 4.49. The van der Waals surface area contributed by atoms with Crippen LogP contribution in [0.15, 0.2) is 0 Å². The van der Waals surface area contributed by atoms with Gasteiger partial charge in [-0.2, -0.15) is 0 Å². The molecule has 96 valence electrons. The Balaban J connectivity index is 2.68. The summed E-state index contributed by atoms with van der Waals surface area (Å²) in [5.41, 5.74) is 0. The Hall–Kier alpha value is -1.59. The fourth-order valence-electron chi connectivity index (χ4n) is 2.03. The molecule has 17 heavy (non-hydrogen) atoms. The summed E-state index contributed by atoms with van der Waals surface area (Å²) in [5, 5.41) is 10.8. The van der Waals surface area contributed by atoms with Crippen LogP contribution in [0, 0.1) is 5.92 Å². The Labute approximate surface area is 100.0 Å². The molecule has 0 aliphatic carbocycles. The van der Waals surface area contributed by atoms with Crippen molar-refractivity contribution in [2.24, 2.45) is 5.92 Å². The van der Waals surface area contributed by atoms with Crippen molar-refractivity contribution in [2.75, 3.05) is 13.1 Å². The predicted octanol–water partition coefficient (Wildman–Crippen LogP) is -0.166. The van der Waals surface area contributed by atoms with Crippen LogP contribution in [0.2, 0.25) is 0 Å². The van der Waals surface area contributed by atoms with E-state index in [0.717, 1.165) is 6.42 Å². The quantitative estimate of drug-likeness (QED) is 0.701. The number of hydrogen-bond donors (Lipinski definition) is 2. The van der Waals surface area contributed by atoms with E-state index in [1.165, 1.54) is 0 Å². The molecule has 0 aromatic heterocycles. The van der Waals surface area contributed by atoms with Gasteiger partial charge in [0, 0.05) is 13.0 Å². The van der Waals surface area contributed by atoms with Gasteiger partial charge in [0.1, 0.15) is 12.6 Å². The molecule has 0 aromatic rings. The summed E-state index contributed by atoms with van der Waals surface area (Å²) in [5.74, 6) is -1.55. The molecule has 6 nitrogen and oxygen atoms in total. The molecule has 1 heterocycles. The van der Waals surface area contributed by atoms with Crippen molar-refractivity contribution in [3.05, 3.63) is 0 Å². The van der Waals surface area contributed by atoms with Crippen molar-refractivity contribution in [1.29, 1.82) is 0 Å². The van der Waals surface area contributed by atoms with Gasteiger partial charge >= 0.3 is 5.97 Å². The Bertz CT molecular complexity index is 327. The summed E-state index contributed by atoms with van der Waals surface area (Å²) in [6.45, 7) is 3.85. The Morgan fingerprint density at radius 3 is 2.53 bits per heavy atom. The van der Waals surface area contributed by atoms with Gasteiger partial charge in [-0.1, -0.05) is 13.8 Å². The topological polar surface area (TPSA) is 86.7 Å². The third-order valence-electron chi connectivity index (χ3n) is 2.76. The lowest BCUT2D eigenvalue weighted by molar-refractivity contribution is -0.141. The Kier molecular flexibility index (Phi) is 4.48. The maximum absolute atomic E-state index is 11.9. The van der Waals surface area contributed by atoms with Crippen molar-refractivity contribution in [1.82, 2.24) is 10.2 Å². The summed E-state index contributed by atoms with van der Waals surface area (Å²) in [7, 11) is 0. The molecule has 1 aliphatic rings. The van der Waals surface area contributed by atoms with Crippen molar-refractivity contribution in [2.45, 2.75) is 32.7 Å². The Morgan fingerprint density at radius 1 is 1.47 bits per heavy atom. The molecule has 0 saturated carbocycles. The third-order valence-corrected chi connectivity index (χ3v) is 2.76. The number of carbonyl (C=O) groups is 3. The first-order valence-electron chi connectivity index (χ1n) is 5.72. The smallest absolute Gasteiger partial charge is 0.322 e. The average molecular weight is 242 g/mol. The van der Waals surface area contributed by atoms with Gasteiger partial charge < -0.3 is 15.3 Å². The number of nitrogens with zero attached hydrogens (tertiary/aromatic N) is 1. The second-order valence-corrected chi connectivity index (χ2v) is 4.49. The van der Waals surface area contributed by atoms with Gasteiger partial charge in [0.2, 0.25) is 11.8 Å². The monoisotopic (exact) mass is 242 g/mol. The standard InChI is InChI=1S/C11H18N2O4/c1-7(2)10(11(17)12-6-9(15)16)13-5-3-4-8(13)14/h7,10H,3-6H2,1-2H3,(H,12,17)(H,15,16). The summed E-state index contributed by atoms with van der Waals surface area (Å²) < 4.78 is 0. The van der Waals surface area contributed by atoms with E-state index in [4.69, 9.17) is 5.11 Å². The first-order valence-corrected chi connectivity index (χ1v) is 5.72. The number of carboxylic acids is 1. The van der Waals surface area contributed by atoms with E-state index in [1.54, 1.807) is 4.90 Å². The van der Waals surface area contributed by atoms with Crippen LogP contribution >= 0.6 is 0 Å². The first-order chi connectivity index (χ1) is 7.93. The molecule has 1 unspecified atom stereocenters. The lowest BCUT2D eigenvalue weighted by Crippen LogP contribution is -2.51. The molecule has 6 heteroatoms. The zero-order valence-corrected chi connectivity index (χ0v) is 10.1. The van der Waals surface area contributed by atoms with Crippen molar-refractivity contribution >= 4 is 17.8 Å². The summed E-state index contributed by atoms with van der Waals surface area (Å²) in [4.78, 5) is 35.4. The zero-order valence-electron chi connectivity index (χ0n) is 10.1. The molecule has 0 radical (unpaired) electrons. The van der Waals surface area contributed by atoms with Gasteiger partial charge in [-0.05, 0) is 12.3 Å². The number of carbonyl (C=O) groups excluding carboxylic acids is 2. The largest absolute Gasteiger partial charge is 0.480 e. The van der Waals surface area contributed by atoms with Crippen LogP contribution in [0.1, 0.15) is 26.7 Å². The average Bonchev–Trinajstić information content (AvgIpc) is 2.62. The van der Waals surface area contributed by atoms with E-state index in [0.29, 0.717) is 13.0 Å². The highest BCUT2D eigenvalue weighted by atomic mass is 16.4. The molecule has 0 bridgehead atoms. The minimum Gasteiger partial charge on any atom is -0.480 e. The molecule has 2 N–H and O–H groups in total. The number of likely N-dealkylation sites (tertiary alicyclic amines) is 1. The molecule has 1 atom stereocenters. The SMILES string of the molecule is CC(C)C(C(=O)NCC(=O)O)N1CCCC1=O. The number of amides is 2. The molecular formula is C11H18N2O4. The van der Waals surface area contributed by atoms with Crippen molar-refractivity contribution in [3.8, 4) is 0 Å². The third kappa shape index (κ3) is 3.44. The van der Waals surface area contributed by atoms with E-state index in [9.17, 15) is 14.4 Å². The van der Waals surface area contributed by atoms with Gasteiger partial charge in [0.05, 0.1) is 0 Å². The molecule has 1 aliphatic heterocycles. The van der Waals surface area contributed by atoms with Crippen LogP contribution in [-0.4, -0.2) is 46.9 Å². The summed E-state index contributed by atoms with van der Waals surface area (Å²) >= 11 is 0. The van der Waals surface area contributed by atoms with Crippen LogP contribution in [-0.2, 0) is 14.4 Å². The molecule has 1 saturated heterocycles. The van der Waals surface area contributed by atoms with E-state index in [1.807, 2.05) is 13.8 Å². The number of hydrogen-bond acceptors (Lipinski definition) is 3. The van der Waals surface area contributed by atoms with Crippen molar-refractivity contribution in [3.63, 3.8) is 0 Å². The minimum absolute atomic E-state index is 0.0332. The molecule has 2 amide bonds. The van der Waals surface area contributed by atoms with E-state index >= 15 is 0 Å². The fourth-order valence-corrected chi connectivity index (χ4v) is 2.03. The minimum atomic E-state index is -1.09. The lowest BCUT2D eigenvalue weighted by atomic mass is 10.0. The fraction of sp³-hybridized carbons (Fsp3) is 0.727. The van der Waals surface area contributed by atoms with E-state index in [2.05, 4.69) is 5.32 Å². The van der Waals surface area contributed by atoms with Crippen LogP contribution in [0.4, 0.5) is 0 Å². The van der Waals surface area contributed by atoms with Crippen molar-refractivity contribution < 1.29 is 19.5 Å². The highest BCUT2D eigenvalue weighted by Gasteiger charge is 2.34. The number of carboxylic acid groups (broad SMARTS) is 1. The van der Waals surface area contributed by atoms with Crippen LogP contribution in [0.3, 0.4) is 0 Å². The zero-order chi connectivity index (χ0) is 13.0. The second kappa shape index (κ2) is 5.65. The molecule has 0 aromatic carbocycles. The van der Waals surface area contributed by atoms with Gasteiger partial charge in [-0.3, -0.25) is 14.4 Å². The lowest BCUT2D eigenvalue weighted by Gasteiger charge is -2.29.